The maximum Gasteiger partial charge on any atom is 0.240 e. The van der Waals surface area contributed by atoms with Crippen molar-refractivity contribution in [3.63, 3.8) is 0 Å². The van der Waals surface area contributed by atoms with Crippen molar-refractivity contribution in [3.8, 4) is 0 Å². The molecule has 1 atom stereocenters. The summed E-state index contributed by atoms with van der Waals surface area (Å²) in [5.74, 6) is 0.190. The van der Waals surface area contributed by atoms with Crippen LogP contribution >= 0.6 is 11.6 Å². The summed E-state index contributed by atoms with van der Waals surface area (Å²) in [7, 11) is 0. The molecule has 27 heavy (non-hydrogen) atoms. The van der Waals surface area contributed by atoms with E-state index in [1.807, 2.05) is 0 Å². The second-order valence-corrected chi connectivity index (χ2v) is 8.70. The molecule has 0 aliphatic rings. The Morgan fingerprint density at radius 1 is 0.630 bits per heavy atom. The monoisotopic (exact) mass is 401 g/mol. The molecule has 0 heterocycles. The van der Waals surface area contributed by atoms with Crippen LogP contribution in [0, 0.1) is 0 Å². The van der Waals surface area contributed by atoms with Crippen molar-refractivity contribution in [2.75, 3.05) is 13.1 Å². The highest BCUT2D eigenvalue weighted by Gasteiger charge is 2.21. The molecule has 0 rings (SSSR count). The number of unbranched alkanes of at least 4 members (excludes halogenated alkanes) is 13. The zero-order chi connectivity index (χ0) is 20.2. The van der Waals surface area contributed by atoms with Gasteiger partial charge < -0.3 is 4.90 Å². The van der Waals surface area contributed by atoms with Gasteiger partial charge in [-0.1, -0.05) is 111 Å². The first-order chi connectivity index (χ1) is 13.2. The Morgan fingerprint density at radius 3 is 1.44 bits per heavy atom. The van der Waals surface area contributed by atoms with Crippen molar-refractivity contribution in [2.24, 2.45) is 0 Å². The molecule has 0 N–H and O–H groups in total. The average Bonchev–Trinajstić information content (AvgIpc) is 2.68. The number of nitrogens with zero attached hydrogens (tertiary/aromatic N) is 1. The molecule has 3 heteroatoms. The third kappa shape index (κ3) is 16.4. The van der Waals surface area contributed by atoms with Gasteiger partial charge in [0.2, 0.25) is 5.91 Å². The van der Waals surface area contributed by atoms with E-state index < -0.39 is 0 Å². The zero-order valence-electron chi connectivity index (χ0n) is 18.7. The Labute approximate surface area is 175 Å². The first kappa shape index (κ1) is 26.8. The van der Waals surface area contributed by atoms with Crippen LogP contribution in [0.1, 0.15) is 130 Å². The standard InChI is InChI=1S/C24H48ClNO/c1-4-7-10-13-15-18-21-26(22-19-16-14-11-8-5-2)24(27)23(25)20-17-12-9-6-3/h23H,4-22H2,1-3H3. The molecule has 162 valence electrons. The summed E-state index contributed by atoms with van der Waals surface area (Å²) >= 11 is 6.48. The van der Waals surface area contributed by atoms with Gasteiger partial charge in [-0.2, -0.15) is 0 Å². The van der Waals surface area contributed by atoms with Gasteiger partial charge in [0, 0.05) is 13.1 Å². The largest absolute Gasteiger partial charge is 0.341 e. The van der Waals surface area contributed by atoms with Crippen molar-refractivity contribution in [1.29, 1.82) is 0 Å². The third-order valence-electron chi connectivity index (χ3n) is 5.45. The van der Waals surface area contributed by atoms with Crippen molar-refractivity contribution < 1.29 is 4.79 Å². The summed E-state index contributed by atoms with van der Waals surface area (Å²) in [4.78, 5) is 14.9. The Hall–Kier alpha value is -0.240. The first-order valence-electron chi connectivity index (χ1n) is 12.1. The number of hydrogen-bond acceptors (Lipinski definition) is 1. The molecule has 0 radical (unpaired) electrons. The van der Waals surface area contributed by atoms with Crippen LogP contribution in [-0.2, 0) is 4.79 Å². The maximum atomic E-state index is 12.8. The van der Waals surface area contributed by atoms with Crippen LogP contribution in [0.15, 0.2) is 0 Å². The third-order valence-corrected chi connectivity index (χ3v) is 5.86. The van der Waals surface area contributed by atoms with E-state index in [-0.39, 0.29) is 11.3 Å². The lowest BCUT2D eigenvalue weighted by Gasteiger charge is -2.25. The van der Waals surface area contributed by atoms with Gasteiger partial charge in [0.25, 0.3) is 0 Å². The average molecular weight is 402 g/mol. The van der Waals surface area contributed by atoms with E-state index in [1.54, 1.807) is 0 Å². The molecule has 0 aliphatic carbocycles. The van der Waals surface area contributed by atoms with E-state index in [0.717, 1.165) is 38.8 Å². The molecule has 0 saturated heterocycles. The normalized spacial score (nSPS) is 12.3. The Bertz CT molecular complexity index is 306. The van der Waals surface area contributed by atoms with Gasteiger partial charge in [0.05, 0.1) is 0 Å². The minimum atomic E-state index is -0.318. The molecule has 0 aromatic carbocycles. The van der Waals surface area contributed by atoms with Crippen molar-refractivity contribution in [2.45, 2.75) is 135 Å². The molecule has 0 aliphatic heterocycles. The SMILES string of the molecule is CCCCCCCCN(CCCCCCCC)C(=O)C(Cl)CCCCCC. The van der Waals surface area contributed by atoms with E-state index in [0.29, 0.717) is 0 Å². The molecule has 0 spiro atoms. The van der Waals surface area contributed by atoms with Crippen LogP contribution in [0.3, 0.4) is 0 Å². The fourth-order valence-electron chi connectivity index (χ4n) is 3.57. The van der Waals surface area contributed by atoms with Crippen LogP contribution in [0.25, 0.3) is 0 Å². The number of halogens is 1. The topological polar surface area (TPSA) is 20.3 Å². The summed E-state index contributed by atoms with van der Waals surface area (Å²) in [6, 6.07) is 0. The van der Waals surface area contributed by atoms with Gasteiger partial charge in [-0.15, -0.1) is 11.6 Å². The minimum Gasteiger partial charge on any atom is -0.341 e. The van der Waals surface area contributed by atoms with E-state index >= 15 is 0 Å². The van der Waals surface area contributed by atoms with Gasteiger partial charge >= 0.3 is 0 Å². The Morgan fingerprint density at radius 2 is 1.00 bits per heavy atom. The molecular weight excluding hydrogens is 354 g/mol. The lowest BCUT2D eigenvalue weighted by Crippen LogP contribution is -2.38. The highest BCUT2D eigenvalue weighted by atomic mass is 35.5. The number of carbonyl (C=O) groups is 1. The number of rotatable bonds is 20. The lowest BCUT2D eigenvalue weighted by molar-refractivity contribution is -0.131. The smallest absolute Gasteiger partial charge is 0.240 e. The molecule has 2 nitrogen and oxygen atoms in total. The van der Waals surface area contributed by atoms with Crippen LogP contribution < -0.4 is 0 Å². The summed E-state index contributed by atoms with van der Waals surface area (Å²) in [5, 5.41) is -0.318. The second-order valence-electron chi connectivity index (χ2n) is 8.18. The van der Waals surface area contributed by atoms with Crippen molar-refractivity contribution in [3.05, 3.63) is 0 Å². The number of hydrogen-bond donors (Lipinski definition) is 0. The summed E-state index contributed by atoms with van der Waals surface area (Å²) in [5.41, 5.74) is 0. The van der Waals surface area contributed by atoms with Gasteiger partial charge in [-0.3, -0.25) is 4.79 Å². The fraction of sp³-hybridized carbons (Fsp3) is 0.958. The van der Waals surface area contributed by atoms with Gasteiger partial charge in [-0.05, 0) is 19.3 Å². The number of carbonyl (C=O) groups excluding carboxylic acids is 1. The molecule has 0 fully saturated rings. The molecule has 0 aromatic rings. The maximum absolute atomic E-state index is 12.8. The predicted molar refractivity (Wildman–Crippen MR) is 122 cm³/mol. The second kappa shape index (κ2) is 20.5. The molecule has 0 saturated carbocycles. The predicted octanol–water partition coefficient (Wildman–Crippen LogP) is 8.11. The van der Waals surface area contributed by atoms with Crippen molar-refractivity contribution in [1.82, 2.24) is 4.90 Å². The molecule has 0 bridgehead atoms. The quantitative estimate of drug-likeness (QED) is 0.149. The van der Waals surface area contributed by atoms with E-state index in [1.165, 1.54) is 83.5 Å². The molecular formula is C24H48ClNO. The number of alkyl halides is 1. The highest BCUT2D eigenvalue weighted by molar-refractivity contribution is 6.30. The van der Waals surface area contributed by atoms with Gasteiger partial charge in [0.15, 0.2) is 0 Å². The molecule has 1 unspecified atom stereocenters. The van der Waals surface area contributed by atoms with E-state index in [9.17, 15) is 4.79 Å². The Balaban J connectivity index is 4.23. The van der Waals surface area contributed by atoms with E-state index in [4.69, 9.17) is 11.6 Å². The van der Waals surface area contributed by atoms with Crippen LogP contribution in [-0.4, -0.2) is 29.3 Å². The summed E-state index contributed by atoms with van der Waals surface area (Å²) < 4.78 is 0. The van der Waals surface area contributed by atoms with Crippen LogP contribution in [0.4, 0.5) is 0 Å². The molecule has 0 aromatic heterocycles. The number of amides is 1. The lowest BCUT2D eigenvalue weighted by atomic mass is 10.1. The highest BCUT2D eigenvalue weighted by Crippen LogP contribution is 2.16. The van der Waals surface area contributed by atoms with Crippen molar-refractivity contribution >= 4 is 17.5 Å². The minimum absolute atomic E-state index is 0.190. The Kier molecular flexibility index (Phi) is 20.3. The first-order valence-corrected chi connectivity index (χ1v) is 12.5. The van der Waals surface area contributed by atoms with E-state index in [2.05, 4.69) is 25.7 Å². The van der Waals surface area contributed by atoms with Crippen LogP contribution in [0.2, 0.25) is 0 Å². The summed E-state index contributed by atoms with van der Waals surface area (Å²) in [6.45, 7) is 8.52. The van der Waals surface area contributed by atoms with Crippen LogP contribution in [0.5, 0.6) is 0 Å². The fourth-order valence-corrected chi connectivity index (χ4v) is 3.86. The molecule has 1 amide bonds. The van der Waals surface area contributed by atoms with Gasteiger partial charge in [0.1, 0.15) is 5.38 Å². The summed E-state index contributed by atoms with van der Waals surface area (Å²) in [6.07, 6.45) is 20.8. The zero-order valence-corrected chi connectivity index (χ0v) is 19.5. The van der Waals surface area contributed by atoms with Gasteiger partial charge in [-0.25, -0.2) is 0 Å².